The van der Waals surface area contributed by atoms with Gasteiger partial charge in [-0.15, -0.1) is 0 Å². The quantitative estimate of drug-likeness (QED) is 0.665. The Hall–Kier alpha value is -2.38. The van der Waals surface area contributed by atoms with E-state index >= 15 is 0 Å². The second-order valence-electron chi connectivity index (χ2n) is 5.91. The summed E-state index contributed by atoms with van der Waals surface area (Å²) < 4.78 is 36.9. The first kappa shape index (κ1) is 17.4. The number of benzene rings is 2. The molecule has 25 heavy (non-hydrogen) atoms. The van der Waals surface area contributed by atoms with Gasteiger partial charge >= 0.3 is 16.1 Å². The van der Waals surface area contributed by atoms with Gasteiger partial charge < -0.3 is 9.64 Å². The maximum atomic E-state index is 12.1. The standard InChI is InChI=1S/C18H19NO5S/c20-17-13-16(11-12-18(24-17)25(21,22)23)19(14-7-3-1-4-8-14)15-9-5-2-6-10-15/h1-10,16,18H,11-13H2,(H,21,22,23). The first-order chi connectivity index (χ1) is 11.9. The first-order valence-electron chi connectivity index (χ1n) is 8.00. The molecule has 3 rings (SSSR count). The number of nitrogens with zero attached hydrogens (tertiary/aromatic N) is 1. The Morgan fingerprint density at radius 3 is 1.92 bits per heavy atom. The van der Waals surface area contributed by atoms with E-state index in [1.165, 1.54) is 0 Å². The summed E-state index contributed by atoms with van der Waals surface area (Å²) in [6, 6.07) is 18.9. The Kier molecular flexibility index (Phi) is 5.06. The molecule has 1 fully saturated rings. The minimum Gasteiger partial charge on any atom is -0.443 e. The van der Waals surface area contributed by atoms with Gasteiger partial charge in [0.2, 0.25) is 5.44 Å². The van der Waals surface area contributed by atoms with Crippen LogP contribution in [0.3, 0.4) is 0 Å². The normalized spacial score (nSPS) is 21.2. The highest BCUT2D eigenvalue weighted by molar-refractivity contribution is 7.86. The molecule has 1 saturated heterocycles. The number of para-hydroxylation sites is 2. The van der Waals surface area contributed by atoms with Gasteiger partial charge in [0.25, 0.3) is 0 Å². The van der Waals surface area contributed by atoms with Crippen LogP contribution >= 0.6 is 0 Å². The summed E-state index contributed by atoms with van der Waals surface area (Å²) in [5.74, 6) is -0.637. The summed E-state index contributed by atoms with van der Waals surface area (Å²) in [6.45, 7) is 0. The van der Waals surface area contributed by atoms with Gasteiger partial charge in [-0.3, -0.25) is 9.35 Å². The fraction of sp³-hybridized carbons (Fsp3) is 0.278. The number of carbonyl (C=O) groups excluding carboxylic acids is 1. The van der Waals surface area contributed by atoms with Gasteiger partial charge in [0.05, 0.1) is 6.42 Å². The van der Waals surface area contributed by atoms with Crippen molar-refractivity contribution in [1.29, 1.82) is 0 Å². The molecule has 2 aromatic carbocycles. The van der Waals surface area contributed by atoms with E-state index in [0.717, 1.165) is 11.4 Å². The van der Waals surface area contributed by atoms with E-state index in [2.05, 4.69) is 0 Å². The van der Waals surface area contributed by atoms with Gasteiger partial charge in [-0.05, 0) is 30.7 Å². The molecule has 0 saturated carbocycles. The van der Waals surface area contributed by atoms with Crippen LogP contribution in [-0.4, -0.2) is 30.4 Å². The third kappa shape index (κ3) is 4.18. The number of carbonyl (C=O) groups is 1. The molecule has 7 heteroatoms. The summed E-state index contributed by atoms with van der Waals surface area (Å²) in [4.78, 5) is 14.1. The molecule has 2 atom stereocenters. The summed E-state index contributed by atoms with van der Waals surface area (Å²) in [5.41, 5.74) is 0.298. The number of ether oxygens (including phenoxy) is 1. The topological polar surface area (TPSA) is 83.9 Å². The molecule has 6 nitrogen and oxygen atoms in total. The largest absolute Gasteiger partial charge is 0.443 e. The third-order valence-corrected chi connectivity index (χ3v) is 5.16. The lowest BCUT2D eigenvalue weighted by molar-refractivity contribution is -0.144. The zero-order valence-electron chi connectivity index (χ0n) is 13.5. The Labute approximate surface area is 146 Å². The average molecular weight is 361 g/mol. The molecule has 132 valence electrons. The Bertz CT molecular complexity index is 784. The van der Waals surface area contributed by atoms with Gasteiger partial charge in [-0.25, -0.2) is 0 Å². The van der Waals surface area contributed by atoms with E-state index in [1.54, 1.807) is 0 Å². The van der Waals surface area contributed by atoms with Gasteiger partial charge in [-0.2, -0.15) is 8.42 Å². The molecule has 0 aromatic heterocycles. The number of anilines is 2. The first-order valence-corrected chi connectivity index (χ1v) is 9.50. The Balaban J connectivity index is 1.95. The van der Waals surface area contributed by atoms with Crippen molar-refractivity contribution in [3.8, 4) is 0 Å². The predicted molar refractivity (Wildman–Crippen MR) is 94.1 cm³/mol. The van der Waals surface area contributed by atoms with Crippen LogP contribution in [0.15, 0.2) is 60.7 Å². The van der Waals surface area contributed by atoms with Crippen molar-refractivity contribution in [2.24, 2.45) is 0 Å². The minimum atomic E-state index is -4.42. The van der Waals surface area contributed by atoms with Crippen molar-refractivity contribution < 1.29 is 22.5 Å². The zero-order valence-corrected chi connectivity index (χ0v) is 14.3. The van der Waals surface area contributed by atoms with Crippen molar-refractivity contribution in [2.75, 3.05) is 4.90 Å². The highest BCUT2D eigenvalue weighted by atomic mass is 32.2. The molecule has 1 N–H and O–H groups in total. The van der Waals surface area contributed by atoms with Crippen LogP contribution in [0.4, 0.5) is 11.4 Å². The summed E-state index contributed by atoms with van der Waals surface area (Å²) >= 11 is 0. The summed E-state index contributed by atoms with van der Waals surface area (Å²) in [7, 11) is -4.42. The SMILES string of the molecule is O=C1CC(N(c2ccccc2)c2ccccc2)CCC(S(=O)(=O)O)O1. The predicted octanol–water partition coefficient (Wildman–Crippen LogP) is 3.13. The lowest BCUT2D eigenvalue weighted by Crippen LogP contribution is -2.32. The fourth-order valence-electron chi connectivity index (χ4n) is 3.05. The van der Waals surface area contributed by atoms with E-state index < -0.39 is 21.5 Å². The molecular formula is C18H19NO5S. The van der Waals surface area contributed by atoms with Gasteiger partial charge in [0.15, 0.2) is 0 Å². The Morgan fingerprint density at radius 2 is 1.44 bits per heavy atom. The number of rotatable bonds is 4. The molecular weight excluding hydrogens is 342 g/mol. The van der Waals surface area contributed by atoms with Crippen molar-refractivity contribution in [3.63, 3.8) is 0 Å². The monoisotopic (exact) mass is 361 g/mol. The molecule has 1 aliphatic rings. The summed E-state index contributed by atoms with van der Waals surface area (Å²) in [5, 5.41) is 0. The molecule has 0 radical (unpaired) electrons. The minimum absolute atomic E-state index is 0.0375. The van der Waals surface area contributed by atoms with Gasteiger partial charge in [0, 0.05) is 23.8 Å². The Morgan fingerprint density at radius 1 is 0.920 bits per heavy atom. The fourth-order valence-corrected chi connectivity index (χ4v) is 3.72. The van der Waals surface area contributed by atoms with Crippen LogP contribution in [0.2, 0.25) is 0 Å². The van der Waals surface area contributed by atoms with Gasteiger partial charge in [-0.1, -0.05) is 36.4 Å². The zero-order chi connectivity index (χ0) is 17.9. The number of cyclic esters (lactones) is 1. The van der Waals surface area contributed by atoms with Crippen molar-refractivity contribution in [3.05, 3.63) is 60.7 Å². The highest BCUT2D eigenvalue weighted by Crippen LogP contribution is 2.33. The molecule has 0 aliphatic carbocycles. The second-order valence-corrected chi connectivity index (χ2v) is 7.47. The van der Waals surface area contributed by atoms with Crippen molar-refractivity contribution in [1.82, 2.24) is 0 Å². The lowest BCUT2D eigenvalue weighted by atomic mass is 10.0. The van der Waals surface area contributed by atoms with Gasteiger partial charge in [0.1, 0.15) is 0 Å². The number of hydrogen-bond acceptors (Lipinski definition) is 5. The smallest absolute Gasteiger partial charge is 0.309 e. The molecule has 0 spiro atoms. The maximum Gasteiger partial charge on any atom is 0.309 e. The lowest BCUT2D eigenvalue weighted by Gasteiger charge is -2.32. The average Bonchev–Trinajstić information content (AvgIpc) is 2.79. The molecule has 1 aliphatic heterocycles. The molecule has 1 heterocycles. The van der Waals surface area contributed by atoms with E-state index in [-0.39, 0.29) is 18.9 Å². The van der Waals surface area contributed by atoms with E-state index in [4.69, 9.17) is 4.74 Å². The molecule has 0 bridgehead atoms. The molecule has 2 aromatic rings. The van der Waals surface area contributed by atoms with Crippen LogP contribution in [-0.2, 0) is 19.6 Å². The number of hydrogen-bond donors (Lipinski definition) is 1. The van der Waals surface area contributed by atoms with Crippen LogP contribution < -0.4 is 4.90 Å². The maximum absolute atomic E-state index is 12.1. The van der Waals surface area contributed by atoms with E-state index in [9.17, 15) is 17.8 Å². The van der Waals surface area contributed by atoms with Crippen LogP contribution in [0.5, 0.6) is 0 Å². The van der Waals surface area contributed by atoms with Crippen LogP contribution in [0, 0.1) is 0 Å². The number of esters is 1. The van der Waals surface area contributed by atoms with Crippen LogP contribution in [0.1, 0.15) is 19.3 Å². The van der Waals surface area contributed by atoms with E-state index in [1.807, 2.05) is 65.6 Å². The highest BCUT2D eigenvalue weighted by Gasteiger charge is 2.35. The third-order valence-electron chi connectivity index (χ3n) is 4.17. The van der Waals surface area contributed by atoms with Crippen molar-refractivity contribution >= 4 is 27.5 Å². The second kappa shape index (κ2) is 7.25. The summed E-state index contributed by atoms with van der Waals surface area (Å²) in [6.07, 6.45) is 0.473. The molecule has 0 amide bonds. The van der Waals surface area contributed by atoms with E-state index in [0.29, 0.717) is 6.42 Å². The van der Waals surface area contributed by atoms with Crippen molar-refractivity contribution in [2.45, 2.75) is 30.7 Å². The van der Waals surface area contributed by atoms with Crippen LogP contribution in [0.25, 0.3) is 0 Å². The molecule has 2 unspecified atom stereocenters.